The number of fused-ring (bicyclic) bond motifs is 1. The van der Waals surface area contributed by atoms with Crippen molar-refractivity contribution in [1.29, 1.82) is 0 Å². The minimum absolute atomic E-state index is 0.128. The molecule has 1 N–H and O–H groups in total. The van der Waals surface area contributed by atoms with Gasteiger partial charge in [-0.25, -0.2) is 4.39 Å². The van der Waals surface area contributed by atoms with Crippen LogP contribution < -0.4 is 4.90 Å². The number of anilines is 1. The highest BCUT2D eigenvalue weighted by atomic mass is 19.1. The van der Waals surface area contributed by atoms with Crippen LogP contribution in [0.15, 0.2) is 42.5 Å². The summed E-state index contributed by atoms with van der Waals surface area (Å²) in [6.45, 7) is 1.44. The molecule has 0 spiro atoms. The van der Waals surface area contributed by atoms with Crippen molar-refractivity contribution in [3.8, 4) is 0 Å². The number of hydrogen-bond acceptors (Lipinski definition) is 2. The number of para-hydroxylation sites is 1. The van der Waals surface area contributed by atoms with E-state index in [0.29, 0.717) is 11.3 Å². The summed E-state index contributed by atoms with van der Waals surface area (Å²) >= 11 is 0. The molecule has 0 aliphatic carbocycles. The third-order valence-electron chi connectivity index (χ3n) is 3.98. The molecule has 0 bridgehead atoms. The number of halogens is 1. The molecule has 0 atom stereocenters. The number of aliphatic hydroxyl groups excluding tert-OH is 1. The zero-order valence-corrected chi connectivity index (χ0v) is 11.3. The van der Waals surface area contributed by atoms with Gasteiger partial charge in [0, 0.05) is 18.7 Å². The maximum Gasteiger partial charge on any atom is 0.146 e. The highest BCUT2D eigenvalue weighted by molar-refractivity contribution is 5.55. The maximum absolute atomic E-state index is 14.1. The quantitative estimate of drug-likeness (QED) is 0.908. The Morgan fingerprint density at radius 1 is 0.950 bits per heavy atom. The van der Waals surface area contributed by atoms with Crippen LogP contribution in [0.2, 0.25) is 0 Å². The summed E-state index contributed by atoms with van der Waals surface area (Å²) in [7, 11) is 0. The summed E-state index contributed by atoms with van der Waals surface area (Å²) in [5.74, 6) is -0.248. The Morgan fingerprint density at radius 2 is 1.60 bits per heavy atom. The zero-order chi connectivity index (χ0) is 13.9. The second-order valence-electron chi connectivity index (χ2n) is 5.16. The SMILES string of the molecule is OCc1cccc(F)c1N1CCc2ccccc2CC1. The predicted octanol–water partition coefficient (Wildman–Crippen LogP) is 2.92. The molecule has 0 radical (unpaired) electrons. The van der Waals surface area contributed by atoms with Gasteiger partial charge < -0.3 is 10.0 Å². The van der Waals surface area contributed by atoms with Gasteiger partial charge in [0.25, 0.3) is 0 Å². The van der Waals surface area contributed by atoms with Gasteiger partial charge in [-0.3, -0.25) is 0 Å². The summed E-state index contributed by atoms with van der Waals surface area (Å²) in [5, 5.41) is 9.42. The van der Waals surface area contributed by atoms with Crippen LogP contribution in [0.3, 0.4) is 0 Å². The number of nitrogens with zero attached hydrogens (tertiary/aromatic N) is 1. The van der Waals surface area contributed by atoms with E-state index >= 15 is 0 Å². The highest BCUT2D eigenvalue weighted by Gasteiger charge is 2.19. The lowest BCUT2D eigenvalue weighted by atomic mass is 10.0. The first kappa shape index (κ1) is 13.1. The Balaban J connectivity index is 1.91. The molecule has 2 nitrogen and oxygen atoms in total. The van der Waals surface area contributed by atoms with E-state index in [2.05, 4.69) is 29.2 Å². The Hall–Kier alpha value is -1.87. The summed E-state index contributed by atoms with van der Waals surface area (Å²) in [4.78, 5) is 2.06. The molecule has 1 heterocycles. The lowest BCUT2D eigenvalue weighted by Gasteiger charge is -2.25. The Labute approximate surface area is 118 Å². The monoisotopic (exact) mass is 271 g/mol. The molecule has 3 rings (SSSR count). The number of hydrogen-bond donors (Lipinski definition) is 1. The van der Waals surface area contributed by atoms with Crippen LogP contribution in [0.25, 0.3) is 0 Å². The number of rotatable bonds is 2. The van der Waals surface area contributed by atoms with Gasteiger partial charge in [0.15, 0.2) is 0 Å². The smallest absolute Gasteiger partial charge is 0.146 e. The predicted molar refractivity (Wildman–Crippen MR) is 78.4 cm³/mol. The van der Waals surface area contributed by atoms with Crippen molar-refractivity contribution >= 4 is 5.69 Å². The van der Waals surface area contributed by atoms with Gasteiger partial charge in [0.05, 0.1) is 12.3 Å². The summed E-state index contributed by atoms with van der Waals surface area (Å²) in [6, 6.07) is 13.3. The molecule has 0 amide bonds. The van der Waals surface area contributed by atoms with Gasteiger partial charge in [0.1, 0.15) is 5.82 Å². The van der Waals surface area contributed by atoms with Gasteiger partial charge in [-0.2, -0.15) is 0 Å². The van der Waals surface area contributed by atoms with E-state index in [0.717, 1.165) is 25.9 Å². The van der Waals surface area contributed by atoms with Crippen molar-refractivity contribution < 1.29 is 9.50 Å². The van der Waals surface area contributed by atoms with Crippen molar-refractivity contribution in [1.82, 2.24) is 0 Å². The first-order valence-electron chi connectivity index (χ1n) is 6.99. The molecule has 1 aliphatic rings. The van der Waals surface area contributed by atoms with Gasteiger partial charge >= 0.3 is 0 Å². The first-order valence-corrected chi connectivity index (χ1v) is 6.99. The standard InChI is InChI=1S/C17H18FNO/c18-16-7-3-6-15(12-20)17(16)19-10-8-13-4-1-2-5-14(13)9-11-19/h1-7,20H,8-12H2. The van der Waals surface area contributed by atoms with Crippen molar-refractivity contribution in [2.45, 2.75) is 19.4 Å². The average Bonchev–Trinajstić information content (AvgIpc) is 2.69. The Bertz CT molecular complexity index is 585. The molecular weight excluding hydrogens is 253 g/mol. The summed E-state index contributed by atoms with van der Waals surface area (Å²) < 4.78 is 14.1. The topological polar surface area (TPSA) is 23.5 Å². The molecule has 2 aromatic carbocycles. The van der Waals surface area contributed by atoms with Crippen LogP contribution in [0.1, 0.15) is 16.7 Å². The van der Waals surface area contributed by atoms with Crippen molar-refractivity contribution in [2.24, 2.45) is 0 Å². The lowest BCUT2D eigenvalue weighted by molar-refractivity contribution is 0.281. The van der Waals surface area contributed by atoms with E-state index in [1.54, 1.807) is 12.1 Å². The Kier molecular flexibility index (Phi) is 3.70. The number of benzene rings is 2. The normalized spacial score (nSPS) is 14.8. The molecule has 0 aromatic heterocycles. The van der Waals surface area contributed by atoms with Crippen LogP contribution in [-0.2, 0) is 19.4 Å². The van der Waals surface area contributed by atoms with Crippen LogP contribution in [-0.4, -0.2) is 18.2 Å². The fourth-order valence-corrected chi connectivity index (χ4v) is 2.93. The third-order valence-corrected chi connectivity index (χ3v) is 3.98. The second-order valence-corrected chi connectivity index (χ2v) is 5.16. The summed E-state index contributed by atoms with van der Waals surface area (Å²) in [5.41, 5.74) is 3.91. The largest absolute Gasteiger partial charge is 0.392 e. The Morgan fingerprint density at radius 3 is 2.20 bits per heavy atom. The van der Waals surface area contributed by atoms with Gasteiger partial charge in [-0.15, -0.1) is 0 Å². The molecule has 0 unspecified atom stereocenters. The number of aliphatic hydroxyl groups is 1. The van der Waals surface area contributed by atoms with Gasteiger partial charge in [0.2, 0.25) is 0 Å². The van der Waals surface area contributed by atoms with Crippen LogP contribution >= 0.6 is 0 Å². The molecule has 2 aromatic rings. The molecule has 0 saturated heterocycles. The average molecular weight is 271 g/mol. The molecule has 104 valence electrons. The van der Waals surface area contributed by atoms with Gasteiger partial charge in [-0.05, 0) is 30.0 Å². The van der Waals surface area contributed by atoms with E-state index in [-0.39, 0.29) is 12.4 Å². The van der Waals surface area contributed by atoms with E-state index in [4.69, 9.17) is 0 Å². The third kappa shape index (κ3) is 2.41. The fraction of sp³-hybridized carbons (Fsp3) is 0.294. The van der Waals surface area contributed by atoms with Crippen LogP contribution in [0.5, 0.6) is 0 Å². The van der Waals surface area contributed by atoms with E-state index in [9.17, 15) is 9.50 Å². The zero-order valence-electron chi connectivity index (χ0n) is 11.3. The first-order chi connectivity index (χ1) is 9.79. The molecule has 3 heteroatoms. The second kappa shape index (κ2) is 5.63. The molecular formula is C17H18FNO. The van der Waals surface area contributed by atoms with Crippen molar-refractivity contribution in [2.75, 3.05) is 18.0 Å². The molecule has 20 heavy (non-hydrogen) atoms. The fourth-order valence-electron chi connectivity index (χ4n) is 2.93. The molecule has 0 fully saturated rings. The van der Waals surface area contributed by atoms with E-state index in [1.807, 2.05) is 0 Å². The van der Waals surface area contributed by atoms with Crippen LogP contribution in [0.4, 0.5) is 10.1 Å². The van der Waals surface area contributed by atoms with Crippen molar-refractivity contribution in [3.05, 3.63) is 65.0 Å². The van der Waals surface area contributed by atoms with E-state index < -0.39 is 0 Å². The maximum atomic E-state index is 14.1. The van der Waals surface area contributed by atoms with E-state index in [1.165, 1.54) is 17.2 Å². The molecule has 0 saturated carbocycles. The minimum Gasteiger partial charge on any atom is -0.392 e. The van der Waals surface area contributed by atoms with Gasteiger partial charge in [-0.1, -0.05) is 36.4 Å². The lowest BCUT2D eigenvalue weighted by Crippen LogP contribution is -2.28. The van der Waals surface area contributed by atoms with Crippen LogP contribution in [0, 0.1) is 5.82 Å². The summed E-state index contributed by atoms with van der Waals surface area (Å²) in [6.07, 6.45) is 1.82. The minimum atomic E-state index is -0.248. The van der Waals surface area contributed by atoms with Crippen molar-refractivity contribution in [3.63, 3.8) is 0 Å². The molecule has 1 aliphatic heterocycles. The highest BCUT2D eigenvalue weighted by Crippen LogP contribution is 2.27.